The van der Waals surface area contributed by atoms with E-state index in [1.54, 1.807) is 17.6 Å². The van der Waals surface area contributed by atoms with Crippen LogP contribution in [0.1, 0.15) is 6.92 Å². The van der Waals surface area contributed by atoms with Gasteiger partial charge in [0.2, 0.25) is 11.9 Å². The van der Waals surface area contributed by atoms with Crippen LogP contribution in [-0.2, 0) is 15.5 Å². The van der Waals surface area contributed by atoms with Gasteiger partial charge in [-0.15, -0.1) is 11.3 Å². The molecule has 1 aromatic carbocycles. The molecule has 1 aliphatic heterocycles. The lowest BCUT2D eigenvalue weighted by molar-refractivity contribution is 0.0987. The van der Waals surface area contributed by atoms with Crippen LogP contribution in [0.4, 0.5) is 11.8 Å². The third-order valence-corrected chi connectivity index (χ3v) is 7.33. The largest absolute Gasteiger partial charge is 0.377 e. The van der Waals surface area contributed by atoms with Crippen LogP contribution in [0, 0.1) is 0 Å². The van der Waals surface area contributed by atoms with Gasteiger partial charge in [-0.05, 0) is 19.1 Å². The molecule has 1 aliphatic rings. The van der Waals surface area contributed by atoms with Crippen LogP contribution in [-0.4, -0.2) is 62.8 Å². The van der Waals surface area contributed by atoms with Gasteiger partial charge >= 0.3 is 0 Å². The highest BCUT2D eigenvalue weighted by Crippen LogP contribution is 2.36. The molecule has 1 N–H and O–H groups in total. The number of nitrogens with one attached hydrogen (secondary N) is 1. The molecular formula is C20H22N6O2S2. The summed E-state index contributed by atoms with van der Waals surface area (Å²) in [6.07, 6.45) is 1.69. The summed E-state index contributed by atoms with van der Waals surface area (Å²) in [5.41, 5.74) is 2.51. The average molecular weight is 443 g/mol. The zero-order valence-corrected chi connectivity index (χ0v) is 18.6. The standard InChI is InChI=1S/C20H22N6O2S2/c1-12-10-28-9-8-25(12)18-17-16(15(11-29-17)30(3)27)23-20(24-18)26-14-7-5-4-6-13(14)22-19(26)21-2/h4-7,11-12H,8-10H2,1-3H3,(H,21,22)/t12-,30?/m1/s1. The lowest BCUT2D eigenvalue weighted by Crippen LogP contribution is -2.44. The summed E-state index contributed by atoms with van der Waals surface area (Å²) in [6.45, 7) is 4.18. The topological polar surface area (TPSA) is 85.2 Å². The highest BCUT2D eigenvalue weighted by molar-refractivity contribution is 7.84. The van der Waals surface area contributed by atoms with Gasteiger partial charge in [0.05, 0.1) is 50.7 Å². The predicted molar refractivity (Wildman–Crippen MR) is 122 cm³/mol. The molecule has 8 nitrogen and oxygen atoms in total. The zero-order chi connectivity index (χ0) is 20.8. The predicted octanol–water partition coefficient (Wildman–Crippen LogP) is 3.03. The van der Waals surface area contributed by atoms with E-state index in [1.807, 2.05) is 41.3 Å². The number of benzene rings is 1. The van der Waals surface area contributed by atoms with E-state index in [9.17, 15) is 4.21 Å². The molecule has 1 unspecified atom stereocenters. The van der Waals surface area contributed by atoms with E-state index in [0.717, 1.165) is 38.5 Å². The average Bonchev–Trinajstić information content (AvgIpc) is 3.34. The summed E-state index contributed by atoms with van der Waals surface area (Å²) in [5, 5.41) is 5.08. The fourth-order valence-corrected chi connectivity index (χ4v) is 5.85. The molecular weight excluding hydrogens is 420 g/mol. The Morgan fingerprint density at radius 3 is 2.87 bits per heavy atom. The summed E-state index contributed by atoms with van der Waals surface area (Å²) in [6, 6.07) is 8.08. The maximum Gasteiger partial charge on any atom is 0.239 e. The second kappa shape index (κ2) is 7.60. The molecule has 30 heavy (non-hydrogen) atoms. The number of para-hydroxylation sites is 2. The number of hydrogen-bond donors (Lipinski definition) is 1. The number of rotatable bonds is 4. The number of hydrogen-bond acceptors (Lipinski definition) is 8. The van der Waals surface area contributed by atoms with Crippen molar-refractivity contribution in [3.63, 3.8) is 0 Å². The van der Waals surface area contributed by atoms with Crippen molar-refractivity contribution in [1.82, 2.24) is 19.5 Å². The molecule has 3 aromatic heterocycles. The van der Waals surface area contributed by atoms with Crippen LogP contribution in [0.5, 0.6) is 0 Å². The van der Waals surface area contributed by atoms with Crippen LogP contribution in [0.2, 0.25) is 0 Å². The molecule has 5 rings (SSSR count). The Hall–Kier alpha value is -2.56. The smallest absolute Gasteiger partial charge is 0.239 e. The molecule has 0 spiro atoms. The van der Waals surface area contributed by atoms with Crippen LogP contribution in [0.25, 0.3) is 27.2 Å². The number of imidazole rings is 1. The molecule has 0 radical (unpaired) electrons. The Morgan fingerprint density at radius 1 is 1.27 bits per heavy atom. The van der Waals surface area contributed by atoms with Crippen molar-refractivity contribution < 1.29 is 8.95 Å². The van der Waals surface area contributed by atoms with Gasteiger partial charge in [0.15, 0.2) is 5.82 Å². The Morgan fingerprint density at radius 2 is 2.10 bits per heavy atom. The van der Waals surface area contributed by atoms with Gasteiger partial charge in [-0.25, -0.2) is 14.5 Å². The number of fused-ring (bicyclic) bond motifs is 2. The number of thiophene rings is 1. The fourth-order valence-electron chi connectivity index (χ4n) is 3.81. The van der Waals surface area contributed by atoms with Crippen molar-refractivity contribution in [3.05, 3.63) is 29.6 Å². The molecule has 0 saturated carbocycles. The summed E-state index contributed by atoms with van der Waals surface area (Å²) < 4.78 is 20.9. The van der Waals surface area contributed by atoms with Gasteiger partial charge in [0, 0.05) is 25.2 Å². The number of ether oxygens (including phenoxy) is 1. The quantitative estimate of drug-likeness (QED) is 0.520. The molecule has 4 heterocycles. The van der Waals surface area contributed by atoms with Gasteiger partial charge < -0.3 is 15.0 Å². The zero-order valence-electron chi connectivity index (χ0n) is 17.0. The minimum absolute atomic E-state index is 0.186. The Kier molecular flexibility index (Phi) is 4.92. The van der Waals surface area contributed by atoms with E-state index in [-0.39, 0.29) is 6.04 Å². The summed E-state index contributed by atoms with van der Waals surface area (Å²) in [5.74, 6) is 2.03. The molecule has 0 bridgehead atoms. The number of aromatic nitrogens is 4. The van der Waals surface area contributed by atoms with E-state index in [4.69, 9.17) is 14.7 Å². The van der Waals surface area contributed by atoms with Crippen LogP contribution >= 0.6 is 11.3 Å². The van der Waals surface area contributed by atoms with Crippen molar-refractivity contribution in [2.75, 3.05) is 43.3 Å². The van der Waals surface area contributed by atoms with Crippen molar-refractivity contribution >= 4 is 55.2 Å². The summed E-state index contributed by atoms with van der Waals surface area (Å²) >= 11 is 1.54. The van der Waals surface area contributed by atoms with E-state index in [2.05, 4.69) is 22.1 Å². The van der Waals surface area contributed by atoms with Crippen LogP contribution in [0.15, 0.2) is 34.5 Å². The molecule has 0 amide bonds. The summed E-state index contributed by atoms with van der Waals surface area (Å²) in [4.78, 5) is 17.5. The molecule has 1 saturated heterocycles. The maximum absolute atomic E-state index is 12.4. The minimum Gasteiger partial charge on any atom is -0.377 e. The molecule has 10 heteroatoms. The number of anilines is 2. The third kappa shape index (κ3) is 3.06. The first-order valence-electron chi connectivity index (χ1n) is 9.71. The monoisotopic (exact) mass is 442 g/mol. The fraction of sp³-hybridized carbons (Fsp3) is 0.350. The van der Waals surface area contributed by atoms with Crippen LogP contribution < -0.4 is 10.2 Å². The van der Waals surface area contributed by atoms with Gasteiger partial charge in [0.25, 0.3) is 0 Å². The molecule has 1 fully saturated rings. The summed E-state index contributed by atoms with van der Waals surface area (Å²) in [7, 11) is 0.684. The SMILES string of the molecule is CNc1nc2ccccc2n1-c1nc(N2CCOC[C@H]2C)c2scc(S(C)=O)c2n1. The Bertz CT molecular complexity index is 1270. The van der Waals surface area contributed by atoms with Crippen molar-refractivity contribution in [2.45, 2.75) is 17.9 Å². The number of morpholine rings is 1. The lowest BCUT2D eigenvalue weighted by atomic mass is 10.2. The second-order valence-electron chi connectivity index (χ2n) is 7.21. The van der Waals surface area contributed by atoms with Gasteiger partial charge in [-0.2, -0.15) is 4.98 Å². The minimum atomic E-state index is -1.15. The highest BCUT2D eigenvalue weighted by Gasteiger charge is 2.26. The molecule has 2 atom stereocenters. The first-order valence-corrected chi connectivity index (χ1v) is 12.1. The van der Waals surface area contributed by atoms with E-state index in [1.165, 1.54) is 0 Å². The Balaban J connectivity index is 1.81. The van der Waals surface area contributed by atoms with Gasteiger partial charge in [-0.3, -0.25) is 4.21 Å². The third-order valence-electron chi connectivity index (χ3n) is 5.29. The molecule has 0 aliphatic carbocycles. The molecule has 4 aromatic rings. The second-order valence-corrected chi connectivity index (χ2v) is 9.43. The normalized spacial score (nSPS) is 18.2. The van der Waals surface area contributed by atoms with E-state index < -0.39 is 10.8 Å². The molecule has 156 valence electrons. The lowest BCUT2D eigenvalue weighted by Gasteiger charge is -2.34. The van der Waals surface area contributed by atoms with Crippen molar-refractivity contribution in [1.29, 1.82) is 0 Å². The van der Waals surface area contributed by atoms with Crippen LogP contribution in [0.3, 0.4) is 0 Å². The van der Waals surface area contributed by atoms with Gasteiger partial charge in [0.1, 0.15) is 5.52 Å². The van der Waals surface area contributed by atoms with Crippen molar-refractivity contribution in [3.8, 4) is 5.95 Å². The first-order chi connectivity index (χ1) is 14.6. The van der Waals surface area contributed by atoms with E-state index >= 15 is 0 Å². The highest BCUT2D eigenvalue weighted by atomic mass is 32.2. The van der Waals surface area contributed by atoms with E-state index in [0.29, 0.717) is 25.1 Å². The van der Waals surface area contributed by atoms with Gasteiger partial charge in [-0.1, -0.05) is 12.1 Å². The van der Waals surface area contributed by atoms with Crippen molar-refractivity contribution in [2.24, 2.45) is 0 Å². The first kappa shape index (κ1) is 19.4. The Labute approximate surface area is 180 Å². The maximum atomic E-state index is 12.4. The number of nitrogens with zero attached hydrogens (tertiary/aromatic N) is 5.